The molecule has 0 radical (unpaired) electrons. The number of hydrogen-bond acceptors (Lipinski definition) is 5. The molecule has 0 aliphatic carbocycles. The number of likely N-dealkylation sites (tertiary alicyclic amines) is 1. The van der Waals surface area contributed by atoms with E-state index in [1.807, 2.05) is 24.3 Å². The molecule has 1 atom stereocenters. The molecule has 0 saturated carbocycles. The van der Waals surface area contributed by atoms with Crippen LogP contribution in [0.3, 0.4) is 0 Å². The highest BCUT2D eigenvalue weighted by Crippen LogP contribution is 2.26. The number of carbonyl (C=O) groups is 1. The lowest BCUT2D eigenvalue weighted by Gasteiger charge is -2.33. The van der Waals surface area contributed by atoms with Crippen molar-refractivity contribution in [1.29, 1.82) is 0 Å². The summed E-state index contributed by atoms with van der Waals surface area (Å²) in [5.74, 6) is -1.32. The summed E-state index contributed by atoms with van der Waals surface area (Å²) in [7, 11) is -3.90. The summed E-state index contributed by atoms with van der Waals surface area (Å²) in [6.07, 6.45) is -0.617. The van der Waals surface area contributed by atoms with Crippen molar-refractivity contribution in [2.75, 3.05) is 18.8 Å². The maximum absolute atomic E-state index is 12.9. The van der Waals surface area contributed by atoms with Crippen LogP contribution in [-0.2, 0) is 14.6 Å². The number of aromatic amines is 1. The number of benzene rings is 3. The number of sulfone groups is 1. The van der Waals surface area contributed by atoms with E-state index in [-0.39, 0.29) is 16.6 Å². The van der Waals surface area contributed by atoms with E-state index < -0.39 is 27.6 Å². The molecule has 1 amide bonds. The van der Waals surface area contributed by atoms with Crippen LogP contribution in [0.4, 0.5) is 0 Å². The molecule has 3 aromatic carbocycles. The van der Waals surface area contributed by atoms with Crippen LogP contribution >= 0.6 is 11.6 Å². The Kier molecular flexibility index (Phi) is 6.16. The van der Waals surface area contributed by atoms with Gasteiger partial charge in [-0.25, -0.2) is 13.2 Å². The van der Waals surface area contributed by atoms with Crippen LogP contribution in [0, 0.1) is 0 Å². The summed E-state index contributed by atoms with van der Waals surface area (Å²) in [6.45, 7) is 0.645. The number of rotatable bonds is 5. The predicted octanol–water partition coefficient (Wildman–Crippen LogP) is 3.13. The molecule has 8 nitrogen and oxygen atoms in total. The van der Waals surface area contributed by atoms with Crippen LogP contribution in [0.25, 0.3) is 21.8 Å². The molecular formula is C25H24ClN3O5S. The third-order valence-corrected chi connectivity index (χ3v) is 8.52. The molecular weight excluding hydrogens is 490 g/mol. The minimum atomic E-state index is -3.90. The van der Waals surface area contributed by atoms with Gasteiger partial charge in [0.1, 0.15) is 6.10 Å². The monoisotopic (exact) mass is 513 g/mol. The summed E-state index contributed by atoms with van der Waals surface area (Å²) >= 11 is 5.99. The zero-order chi connectivity index (χ0) is 24.7. The second kappa shape index (κ2) is 9.14. The van der Waals surface area contributed by atoms with Crippen LogP contribution in [0.1, 0.15) is 18.9 Å². The van der Waals surface area contributed by atoms with E-state index in [4.69, 9.17) is 11.6 Å². The summed E-state index contributed by atoms with van der Waals surface area (Å²) in [5, 5.41) is 12.5. The number of aliphatic hydroxyl groups excluding tert-OH is 1. The number of para-hydroxylation sites is 2. The molecule has 182 valence electrons. The van der Waals surface area contributed by atoms with Gasteiger partial charge in [0.15, 0.2) is 9.84 Å². The third-order valence-electron chi connectivity index (χ3n) is 6.56. The van der Waals surface area contributed by atoms with Crippen LogP contribution < -0.4 is 5.69 Å². The first-order chi connectivity index (χ1) is 16.7. The topological polar surface area (TPSA) is 112 Å². The fraction of sp³-hybridized carbons (Fsp3) is 0.280. The van der Waals surface area contributed by atoms with Crippen molar-refractivity contribution in [1.82, 2.24) is 14.5 Å². The minimum absolute atomic E-state index is 0.0385. The molecule has 1 fully saturated rings. The Morgan fingerprint density at radius 2 is 1.74 bits per heavy atom. The van der Waals surface area contributed by atoms with Gasteiger partial charge in [-0.05, 0) is 60.0 Å². The summed E-state index contributed by atoms with van der Waals surface area (Å²) in [6, 6.07) is 17.1. The van der Waals surface area contributed by atoms with Crippen LogP contribution in [0.15, 0.2) is 70.4 Å². The molecule has 4 aromatic rings. The summed E-state index contributed by atoms with van der Waals surface area (Å²) in [4.78, 5) is 29.7. The molecule has 0 bridgehead atoms. The number of piperidine rings is 1. The predicted molar refractivity (Wildman–Crippen MR) is 134 cm³/mol. The second-order valence-corrected chi connectivity index (χ2v) is 11.3. The van der Waals surface area contributed by atoms with E-state index in [1.54, 1.807) is 28.8 Å². The highest BCUT2D eigenvalue weighted by molar-refractivity contribution is 7.91. The van der Waals surface area contributed by atoms with Crippen molar-refractivity contribution < 1.29 is 18.3 Å². The molecule has 1 saturated heterocycles. The number of H-pyrrole nitrogens is 1. The number of halogens is 1. The van der Waals surface area contributed by atoms with E-state index in [2.05, 4.69) is 4.98 Å². The number of amides is 1. The second-order valence-electron chi connectivity index (χ2n) is 8.82. The van der Waals surface area contributed by atoms with Crippen molar-refractivity contribution in [3.63, 3.8) is 0 Å². The zero-order valence-corrected chi connectivity index (χ0v) is 20.3. The number of nitrogens with zero attached hydrogens (tertiary/aromatic N) is 2. The van der Waals surface area contributed by atoms with Gasteiger partial charge in [-0.2, -0.15) is 0 Å². The SMILES string of the molecule is O=C([C@H](O)CS(=O)(=O)c1ccc2cc(Cl)ccc2c1)N1CCC(n2c(=O)[nH]c3ccccc32)CC1. The Morgan fingerprint density at radius 1 is 1.06 bits per heavy atom. The average Bonchev–Trinajstić information content (AvgIpc) is 3.18. The number of fused-ring (bicyclic) bond motifs is 2. The molecule has 0 unspecified atom stereocenters. The smallest absolute Gasteiger partial charge is 0.326 e. The van der Waals surface area contributed by atoms with E-state index >= 15 is 0 Å². The van der Waals surface area contributed by atoms with Gasteiger partial charge in [-0.1, -0.05) is 35.9 Å². The van der Waals surface area contributed by atoms with Gasteiger partial charge in [0, 0.05) is 24.2 Å². The quantitative estimate of drug-likeness (QED) is 0.426. The Hall–Kier alpha value is -3.14. The van der Waals surface area contributed by atoms with E-state index in [0.717, 1.165) is 16.4 Å². The molecule has 2 N–H and O–H groups in total. The van der Waals surface area contributed by atoms with Crippen molar-refractivity contribution in [3.8, 4) is 0 Å². The third kappa shape index (κ3) is 4.59. The molecule has 10 heteroatoms. The zero-order valence-electron chi connectivity index (χ0n) is 18.7. The lowest BCUT2D eigenvalue weighted by molar-refractivity contribution is -0.140. The van der Waals surface area contributed by atoms with E-state index in [0.29, 0.717) is 36.3 Å². The Balaban J connectivity index is 1.26. The largest absolute Gasteiger partial charge is 0.382 e. The fourth-order valence-corrected chi connectivity index (χ4v) is 6.27. The number of hydrogen-bond donors (Lipinski definition) is 2. The van der Waals surface area contributed by atoms with Crippen molar-refractivity contribution >= 4 is 49.2 Å². The average molecular weight is 514 g/mol. The number of aromatic nitrogens is 2. The van der Waals surface area contributed by atoms with Crippen LogP contribution in [-0.4, -0.2) is 58.8 Å². The number of aliphatic hydroxyl groups is 1. The molecule has 2 heterocycles. The molecule has 1 aromatic heterocycles. The number of carbonyl (C=O) groups excluding carboxylic acids is 1. The van der Waals surface area contributed by atoms with Gasteiger partial charge in [-0.15, -0.1) is 0 Å². The Bertz CT molecular complexity index is 1590. The maximum atomic E-state index is 12.9. The highest BCUT2D eigenvalue weighted by atomic mass is 35.5. The maximum Gasteiger partial charge on any atom is 0.326 e. The van der Waals surface area contributed by atoms with Crippen LogP contribution in [0.2, 0.25) is 5.02 Å². The van der Waals surface area contributed by atoms with Gasteiger partial charge in [-0.3, -0.25) is 9.36 Å². The summed E-state index contributed by atoms with van der Waals surface area (Å²) < 4.78 is 27.5. The summed E-state index contributed by atoms with van der Waals surface area (Å²) in [5.41, 5.74) is 1.37. The highest BCUT2D eigenvalue weighted by Gasteiger charge is 2.32. The van der Waals surface area contributed by atoms with Gasteiger partial charge in [0.2, 0.25) is 0 Å². The number of nitrogens with one attached hydrogen (secondary N) is 1. The first kappa shape index (κ1) is 23.6. The molecule has 35 heavy (non-hydrogen) atoms. The number of imidazole rings is 1. The van der Waals surface area contributed by atoms with Crippen LogP contribution in [0.5, 0.6) is 0 Å². The van der Waals surface area contributed by atoms with Gasteiger partial charge in [0.05, 0.1) is 21.7 Å². The molecule has 5 rings (SSSR count). The van der Waals surface area contributed by atoms with Gasteiger partial charge < -0.3 is 15.0 Å². The van der Waals surface area contributed by atoms with Crippen molar-refractivity contribution in [2.45, 2.75) is 29.9 Å². The van der Waals surface area contributed by atoms with Gasteiger partial charge in [0.25, 0.3) is 5.91 Å². The standard InChI is InChI=1S/C25H24ClN3O5S/c26-18-7-5-17-14-20(8-6-16(17)13-18)35(33,34)15-23(30)24(31)28-11-9-19(10-12-28)29-22-4-2-1-3-21(22)27-25(29)32/h1-8,13-14,19,23,30H,9-12,15H2,(H,27,32)/t23-/m1/s1. The van der Waals surface area contributed by atoms with Gasteiger partial charge >= 0.3 is 5.69 Å². The minimum Gasteiger partial charge on any atom is -0.382 e. The first-order valence-corrected chi connectivity index (χ1v) is 13.3. The van der Waals surface area contributed by atoms with E-state index in [1.165, 1.54) is 17.0 Å². The fourth-order valence-electron chi connectivity index (χ4n) is 4.76. The Labute approximate surface area is 206 Å². The lowest BCUT2D eigenvalue weighted by Crippen LogP contribution is -2.46. The molecule has 0 spiro atoms. The Morgan fingerprint density at radius 3 is 2.51 bits per heavy atom. The van der Waals surface area contributed by atoms with Crippen molar-refractivity contribution in [2.24, 2.45) is 0 Å². The molecule has 1 aliphatic heterocycles. The van der Waals surface area contributed by atoms with E-state index in [9.17, 15) is 23.1 Å². The normalized spacial score (nSPS) is 16.1. The molecule has 1 aliphatic rings. The first-order valence-electron chi connectivity index (χ1n) is 11.3. The van der Waals surface area contributed by atoms with Crippen molar-refractivity contribution in [3.05, 3.63) is 76.2 Å². The lowest BCUT2D eigenvalue weighted by atomic mass is 10.0.